The number of hydrogen-bond acceptors (Lipinski definition) is 2. The van der Waals surface area contributed by atoms with Gasteiger partial charge in [0, 0.05) is 17.5 Å². The Morgan fingerprint density at radius 2 is 2.10 bits per heavy atom. The number of carbonyl (C=O) groups is 1. The number of halogens is 1. The third kappa shape index (κ3) is 2.90. The summed E-state index contributed by atoms with van der Waals surface area (Å²) >= 11 is 1.76. The van der Waals surface area contributed by atoms with Crippen molar-refractivity contribution < 1.29 is 9.18 Å². The van der Waals surface area contributed by atoms with Gasteiger partial charge in [0.05, 0.1) is 6.04 Å². The lowest BCUT2D eigenvalue weighted by molar-refractivity contribution is -0.128. The van der Waals surface area contributed by atoms with E-state index in [1.54, 1.807) is 35.6 Å². The Morgan fingerprint density at radius 3 is 2.86 bits per heavy atom. The Morgan fingerprint density at radius 1 is 1.33 bits per heavy atom. The maximum atomic E-state index is 12.8. The highest BCUT2D eigenvalue weighted by atomic mass is 32.1. The van der Waals surface area contributed by atoms with Crippen LogP contribution < -0.4 is 0 Å². The normalized spacial score (nSPS) is 18.0. The van der Waals surface area contributed by atoms with E-state index >= 15 is 0 Å². The molecule has 21 heavy (non-hydrogen) atoms. The monoisotopic (exact) mass is 301 g/mol. The average Bonchev–Trinajstić information content (AvgIpc) is 2.96. The van der Waals surface area contributed by atoms with Crippen molar-refractivity contribution in [2.24, 2.45) is 0 Å². The van der Waals surface area contributed by atoms with Crippen LogP contribution in [-0.4, -0.2) is 17.4 Å². The van der Waals surface area contributed by atoms with Gasteiger partial charge in [0.2, 0.25) is 5.91 Å². The fourth-order valence-electron chi connectivity index (χ4n) is 2.65. The summed E-state index contributed by atoms with van der Waals surface area (Å²) < 4.78 is 12.8. The Balaban J connectivity index is 1.73. The third-order valence-corrected chi connectivity index (χ3v) is 4.85. The Bertz CT molecular complexity index is 674. The molecule has 1 aromatic carbocycles. The molecule has 2 heterocycles. The number of hydrogen-bond donors (Lipinski definition) is 0. The Hall–Kier alpha value is -1.94. The van der Waals surface area contributed by atoms with Crippen molar-refractivity contribution in [3.63, 3.8) is 0 Å². The van der Waals surface area contributed by atoms with E-state index in [0.717, 1.165) is 18.5 Å². The third-order valence-electron chi connectivity index (χ3n) is 3.85. The second kappa shape index (κ2) is 5.82. The number of fused-ring (bicyclic) bond motifs is 1. The second-order valence-corrected chi connectivity index (χ2v) is 6.14. The summed E-state index contributed by atoms with van der Waals surface area (Å²) in [6, 6.07) is 8.33. The van der Waals surface area contributed by atoms with Gasteiger partial charge in [0.1, 0.15) is 5.82 Å². The van der Waals surface area contributed by atoms with E-state index in [0.29, 0.717) is 0 Å². The van der Waals surface area contributed by atoms with Gasteiger partial charge in [0.25, 0.3) is 0 Å². The molecular formula is C17H16FNOS. The van der Waals surface area contributed by atoms with Gasteiger partial charge in [-0.1, -0.05) is 12.1 Å². The minimum atomic E-state index is -0.270. The smallest absolute Gasteiger partial charge is 0.247 e. The quantitative estimate of drug-likeness (QED) is 0.766. The van der Waals surface area contributed by atoms with Gasteiger partial charge >= 0.3 is 0 Å². The maximum Gasteiger partial charge on any atom is 0.247 e. The summed E-state index contributed by atoms with van der Waals surface area (Å²) in [5.41, 5.74) is 2.08. The maximum absolute atomic E-state index is 12.8. The van der Waals surface area contributed by atoms with E-state index in [1.807, 2.05) is 4.90 Å². The Labute approximate surface area is 127 Å². The lowest BCUT2D eigenvalue weighted by atomic mass is 10.0. The zero-order valence-electron chi connectivity index (χ0n) is 11.8. The standard InChI is InChI=1S/C17H16FNOS/c1-12-15-9-11-21-16(15)8-10-19(12)17(20)7-4-13-2-5-14(18)6-3-13/h2-7,9,11-12H,8,10H2,1H3/b7-4+/t12-/m1/s1. The molecule has 3 rings (SSSR count). The van der Waals surface area contributed by atoms with Crippen LogP contribution in [0.25, 0.3) is 6.08 Å². The van der Waals surface area contributed by atoms with E-state index < -0.39 is 0 Å². The van der Waals surface area contributed by atoms with Crippen LogP contribution in [0.3, 0.4) is 0 Å². The lowest BCUT2D eigenvalue weighted by Gasteiger charge is -2.32. The SMILES string of the molecule is C[C@@H]1c2ccsc2CCN1C(=O)/C=C/c1ccc(F)cc1. The average molecular weight is 301 g/mol. The summed E-state index contributed by atoms with van der Waals surface area (Å²) in [7, 11) is 0. The van der Waals surface area contributed by atoms with Gasteiger partial charge in [-0.15, -0.1) is 11.3 Å². The molecule has 4 heteroatoms. The number of rotatable bonds is 2. The number of nitrogens with zero attached hydrogens (tertiary/aromatic N) is 1. The zero-order valence-corrected chi connectivity index (χ0v) is 12.6. The fourth-order valence-corrected chi connectivity index (χ4v) is 3.61. The van der Waals surface area contributed by atoms with Crippen LogP contribution in [0.2, 0.25) is 0 Å². The van der Waals surface area contributed by atoms with Gasteiger partial charge in [-0.25, -0.2) is 4.39 Å². The molecule has 2 aromatic rings. The first-order valence-electron chi connectivity index (χ1n) is 6.95. The number of carbonyl (C=O) groups excluding carboxylic acids is 1. The van der Waals surface area contributed by atoms with Crippen LogP contribution in [0, 0.1) is 5.82 Å². The first kappa shape index (κ1) is 14.0. The molecule has 1 amide bonds. The first-order valence-corrected chi connectivity index (χ1v) is 7.83. The summed E-state index contributed by atoms with van der Waals surface area (Å²) in [5.74, 6) is -0.267. The number of thiophene rings is 1. The molecule has 0 saturated carbocycles. The molecule has 0 saturated heterocycles. The van der Waals surface area contributed by atoms with E-state index in [1.165, 1.54) is 22.6 Å². The van der Waals surface area contributed by atoms with Crippen molar-refractivity contribution in [2.45, 2.75) is 19.4 Å². The summed E-state index contributed by atoms with van der Waals surface area (Å²) in [6.07, 6.45) is 4.23. The molecule has 1 atom stereocenters. The van der Waals surface area contributed by atoms with Gasteiger partial charge in [-0.05, 0) is 54.1 Å². The largest absolute Gasteiger partial charge is 0.332 e. The molecule has 0 unspecified atom stereocenters. The first-order chi connectivity index (χ1) is 10.1. The fraction of sp³-hybridized carbons (Fsp3) is 0.235. The van der Waals surface area contributed by atoms with Gasteiger partial charge in [0.15, 0.2) is 0 Å². The van der Waals surface area contributed by atoms with E-state index in [4.69, 9.17) is 0 Å². The van der Waals surface area contributed by atoms with Gasteiger partial charge < -0.3 is 4.90 Å². The van der Waals surface area contributed by atoms with Crippen LogP contribution in [0.15, 0.2) is 41.8 Å². The molecule has 0 spiro atoms. The van der Waals surface area contributed by atoms with Crippen LogP contribution in [0.1, 0.15) is 29.0 Å². The molecule has 0 aliphatic carbocycles. The summed E-state index contributed by atoms with van der Waals surface area (Å²) in [6.45, 7) is 2.82. The summed E-state index contributed by atoms with van der Waals surface area (Å²) in [4.78, 5) is 15.6. The lowest BCUT2D eigenvalue weighted by Crippen LogP contribution is -2.37. The molecule has 1 aromatic heterocycles. The molecule has 108 valence electrons. The van der Waals surface area contributed by atoms with Crippen molar-refractivity contribution in [2.75, 3.05) is 6.54 Å². The molecule has 0 radical (unpaired) electrons. The molecule has 0 N–H and O–H groups in total. The van der Waals surface area contributed by atoms with E-state index in [2.05, 4.69) is 18.4 Å². The highest BCUT2D eigenvalue weighted by molar-refractivity contribution is 7.10. The Kier molecular flexibility index (Phi) is 3.88. The van der Waals surface area contributed by atoms with Crippen LogP contribution in [0.4, 0.5) is 4.39 Å². The molecule has 2 nitrogen and oxygen atoms in total. The highest BCUT2D eigenvalue weighted by Crippen LogP contribution is 2.32. The second-order valence-electron chi connectivity index (χ2n) is 5.14. The van der Waals surface area contributed by atoms with Crippen LogP contribution in [0.5, 0.6) is 0 Å². The van der Waals surface area contributed by atoms with Crippen molar-refractivity contribution in [1.82, 2.24) is 4.90 Å². The minimum absolute atomic E-state index is 0.00340. The predicted molar refractivity (Wildman–Crippen MR) is 83.6 cm³/mol. The van der Waals surface area contributed by atoms with Crippen molar-refractivity contribution in [3.05, 3.63) is 63.6 Å². The number of benzene rings is 1. The summed E-state index contributed by atoms with van der Waals surface area (Å²) in [5, 5.41) is 2.09. The minimum Gasteiger partial charge on any atom is -0.332 e. The molecule has 0 fully saturated rings. The molecular weight excluding hydrogens is 285 g/mol. The highest BCUT2D eigenvalue weighted by Gasteiger charge is 2.26. The zero-order chi connectivity index (χ0) is 14.8. The van der Waals surface area contributed by atoms with Crippen LogP contribution >= 0.6 is 11.3 Å². The topological polar surface area (TPSA) is 20.3 Å². The predicted octanol–water partition coefficient (Wildman–Crippen LogP) is 4.05. The van der Waals surface area contributed by atoms with Crippen molar-refractivity contribution in [1.29, 1.82) is 0 Å². The van der Waals surface area contributed by atoms with Crippen molar-refractivity contribution >= 4 is 23.3 Å². The number of amides is 1. The van der Waals surface area contributed by atoms with Gasteiger partial charge in [-0.3, -0.25) is 4.79 Å². The van der Waals surface area contributed by atoms with E-state index in [-0.39, 0.29) is 17.8 Å². The van der Waals surface area contributed by atoms with Gasteiger partial charge in [-0.2, -0.15) is 0 Å². The van der Waals surface area contributed by atoms with Crippen molar-refractivity contribution in [3.8, 4) is 0 Å². The molecule has 1 aliphatic heterocycles. The molecule has 0 bridgehead atoms. The van der Waals surface area contributed by atoms with Crippen LogP contribution in [-0.2, 0) is 11.2 Å². The van der Waals surface area contributed by atoms with E-state index in [9.17, 15) is 9.18 Å². The molecule has 1 aliphatic rings.